The highest BCUT2D eigenvalue weighted by molar-refractivity contribution is 6.05. The highest BCUT2D eigenvalue weighted by Crippen LogP contribution is 2.33. The van der Waals surface area contributed by atoms with Crippen LogP contribution in [0.4, 0.5) is 5.69 Å². The second kappa shape index (κ2) is 7.91. The Morgan fingerprint density at radius 3 is 2.33 bits per heavy atom. The molecule has 152 valence electrons. The van der Waals surface area contributed by atoms with Gasteiger partial charge in [0.25, 0.3) is 5.91 Å². The van der Waals surface area contributed by atoms with E-state index in [1.807, 2.05) is 68.4 Å². The highest BCUT2D eigenvalue weighted by atomic mass is 16.5. The van der Waals surface area contributed by atoms with Crippen LogP contribution in [0.5, 0.6) is 11.5 Å². The molecule has 0 saturated carbocycles. The van der Waals surface area contributed by atoms with E-state index in [1.54, 1.807) is 14.2 Å². The van der Waals surface area contributed by atoms with Crippen molar-refractivity contribution in [3.63, 3.8) is 0 Å². The monoisotopic (exact) mass is 401 g/mol. The second-order valence-corrected chi connectivity index (χ2v) is 7.16. The molecule has 0 saturated heterocycles. The van der Waals surface area contributed by atoms with Crippen molar-refractivity contribution in [2.45, 2.75) is 13.8 Å². The molecule has 0 aliphatic rings. The summed E-state index contributed by atoms with van der Waals surface area (Å²) in [6.45, 7) is 3.96. The summed E-state index contributed by atoms with van der Waals surface area (Å²) in [5.41, 5.74) is 5.93. The molecule has 1 heterocycles. The number of aromatic nitrogens is 2. The minimum atomic E-state index is -0.144. The first-order chi connectivity index (χ1) is 14.5. The molecule has 4 rings (SSSR count). The van der Waals surface area contributed by atoms with Gasteiger partial charge >= 0.3 is 0 Å². The molecular formula is C24H23N3O3. The predicted molar refractivity (Wildman–Crippen MR) is 119 cm³/mol. The number of ether oxygens (including phenoxy) is 2. The Morgan fingerprint density at radius 2 is 1.63 bits per heavy atom. The number of aryl methyl sites for hydroxylation is 2. The van der Waals surface area contributed by atoms with Crippen LogP contribution in [-0.4, -0.2) is 30.1 Å². The smallest absolute Gasteiger partial charge is 0.255 e. The third-order valence-corrected chi connectivity index (χ3v) is 5.06. The van der Waals surface area contributed by atoms with Gasteiger partial charge in [-0.15, -0.1) is 0 Å². The van der Waals surface area contributed by atoms with Crippen LogP contribution in [0.2, 0.25) is 0 Å². The van der Waals surface area contributed by atoms with Crippen LogP contribution in [0.1, 0.15) is 21.5 Å². The summed E-state index contributed by atoms with van der Waals surface area (Å²) in [4.78, 5) is 20.6. The van der Waals surface area contributed by atoms with Gasteiger partial charge in [-0.25, -0.2) is 4.98 Å². The van der Waals surface area contributed by atoms with Crippen molar-refractivity contribution in [1.29, 1.82) is 0 Å². The number of anilines is 1. The summed E-state index contributed by atoms with van der Waals surface area (Å²) in [7, 11) is 3.20. The normalized spacial score (nSPS) is 10.8. The average molecular weight is 401 g/mol. The van der Waals surface area contributed by atoms with E-state index in [4.69, 9.17) is 9.47 Å². The van der Waals surface area contributed by atoms with E-state index in [2.05, 4.69) is 15.3 Å². The molecule has 30 heavy (non-hydrogen) atoms. The molecule has 0 radical (unpaired) electrons. The first-order valence-electron chi connectivity index (χ1n) is 9.59. The van der Waals surface area contributed by atoms with E-state index in [-0.39, 0.29) is 5.91 Å². The van der Waals surface area contributed by atoms with E-state index in [0.717, 1.165) is 33.4 Å². The van der Waals surface area contributed by atoms with Gasteiger partial charge in [-0.2, -0.15) is 0 Å². The maximum Gasteiger partial charge on any atom is 0.255 e. The summed E-state index contributed by atoms with van der Waals surface area (Å²) in [6, 6.07) is 17.1. The Labute approximate surface area is 174 Å². The number of imidazole rings is 1. The van der Waals surface area contributed by atoms with Crippen molar-refractivity contribution in [3.05, 3.63) is 71.3 Å². The number of hydrogen-bond acceptors (Lipinski definition) is 4. The molecule has 1 aromatic heterocycles. The van der Waals surface area contributed by atoms with E-state index in [0.29, 0.717) is 22.9 Å². The van der Waals surface area contributed by atoms with Crippen molar-refractivity contribution < 1.29 is 14.3 Å². The number of fused-ring (bicyclic) bond motifs is 1. The fourth-order valence-corrected chi connectivity index (χ4v) is 3.28. The quantitative estimate of drug-likeness (QED) is 0.487. The number of benzene rings is 3. The van der Waals surface area contributed by atoms with Crippen molar-refractivity contribution in [1.82, 2.24) is 9.97 Å². The number of hydrogen-bond donors (Lipinski definition) is 2. The van der Waals surface area contributed by atoms with Crippen LogP contribution in [0, 0.1) is 13.8 Å². The first kappa shape index (κ1) is 19.5. The number of H-pyrrole nitrogens is 1. The van der Waals surface area contributed by atoms with Gasteiger partial charge < -0.3 is 19.8 Å². The van der Waals surface area contributed by atoms with Gasteiger partial charge in [0, 0.05) is 28.9 Å². The lowest BCUT2D eigenvalue weighted by Gasteiger charge is -2.10. The maximum atomic E-state index is 12.6. The summed E-state index contributed by atoms with van der Waals surface area (Å²) < 4.78 is 10.7. The molecule has 1 amide bonds. The number of rotatable bonds is 5. The van der Waals surface area contributed by atoms with Gasteiger partial charge in [0.2, 0.25) is 0 Å². The van der Waals surface area contributed by atoms with Crippen LogP contribution in [0.15, 0.2) is 54.6 Å². The number of carbonyl (C=O) groups excluding carboxylic acids is 1. The molecule has 0 fully saturated rings. The van der Waals surface area contributed by atoms with E-state index in [1.165, 1.54) is 0 Å². The zero-order chi connectivity index (χ0) is 21.3. The lowest BCUT2D eigenvalue weighted by Crippen LogP contribution is -2.12. The number of methoxy groups -OCH3 is 2. The van der Waals surface area contributed by atoms with Crippen molar-refractivity contribution in [3.8, 4) is 22.9 Å². The molecular weight excluding hydrogens is 378 g/mol. The largest absolute Gasteiger partial charge is 0.493 e. The Morgan fingerprint density at radius 1 is 0.933 bits per heavy atom. The van der Waals surface area contributed by atoms with Gasteiger partial charge in [-0.1, -0.05) is 29.8 Å². The molecule has 0 aliphatic heterocycles. The predicted octanol–water partition coefficient (Wildman–Crippen LogP) is 5.12. The molecule has 6 heteroatoms. The Hall–Kier alpha value is -3.80. The van der Waals surface area contributed by atoms with Crippen LogP contribution in [0.25, 0.3) is 22.4 Å². The molecule has 0 unspecified atom stereocenters. The van der Waals surface area contributed by atoms with Crippen molar-refractivity contribution >= 4 is 22.6 Å². The van der Waals surface area contributed by atoms with Crippen LogP contribution in [0.3, 0.4) is 0 Å². The number of aromatic amines is 1. The SMILES string of the molecule is COc1cc2nc(-c3ccc(C)c(NC(=O)c4ccc(C)cc4)c3)[nH]c2cc1OC. The average Bonchev–Trinajstić information content (AvgIpc) is 3.17. The Kier molecular flexibility index (Phi) is 5.14. The van der Waals surface area contributed by atoms with Gasteiger partial charge in [0.15, 0.2) is 11.5 Å². The standard InChI is InChI=1S/C24H23N3O3/c1-14-5-8-16(9-6-14)24(28)27-18-11-17(10-7-15(18)2)23-25-19-12-21(29-3)22(30-4)13-20(19)26-23/h5-13H,1-4H3,(H,25,26)(H,27,28). The first-order valence-corrected chi connectivity index (χ1v) is 9.59. The second-order valence-electron chi connectivity index (χ2n) is 7.16. The third-order valence-electron chi connectivity index (χ3n) is 5.06. The van der Waals surface area contributed by atoms with E-state index in [9.17, 15) is 4.79 Å². The van der Waals surface area contributed by atoms with Crippen molar-refractivity contribution in [2.75, 3.05) is 19.5 Å². The molecule has 0 spiro atoms. The van der Waals surface area contributed by atoms with Gasteiger partial charge in [-0.05, 0) is 37.6 Å². The molecule has 3 aromatic carbocycles. The molecule has 2 N–H and O–H groups in total. The minimum Gasteiger partial charge on any atom is -0.493 e. The number of carbonyl (C=O) groups is 1. The highest BCUT2D eigenvalue weighted by Gasteiger charge is 2.13. The van der Waals surface area contributed by atoms with Gasteiger partial charge in [0.1, 0.15) is 5.82 Å². The Bertz CT molecular complexity index is 1190. The van der Waals surface area contributed by atoms with Crippen LogP contribution in [-0.2, 0) is 0 Å². The zero-order valence-corrected chi connectivity index (χ0v) is 17.4. The molecule has 0 bridgehead atoms. The van der Waals surface area contributed by atoms with Crippen molar-refractivity contribution in [2.24, 2.45) is 0 Å². The van der Waals surface area contributed by atoms with Gasteiger partial charge in [0.05, 0.1) is 25.3 Å². The summed E-state index contributed by atoms with van der Waals surface area (Å²) in [5.74, 6) is 1.81. The molecule has 6 nitrogen and oxygen atoms in total. The fourth-order valence-electron chi connectivity index (χ4n) is 3.28. The summed E-state index contributed by atoms with van der Waals surface area (Å²) in [5, 5.41) is 3.01. The minimum absolute atomic E-state index is 0.144. The topological polar surface area (TPSA) is 76.2 Å². The summed E-state index contributed by atoms with van der Waals surface area (Å²) >= 11 is 0. The van der Waals surface area contributed by atoms with E-state index < -0.39 is 0 Å². The lowest BCUT2D eigenvalue weighted by atomic mass is 10.1. The zero-order valence-electron chi connectivity index (χ0n) is 17.4. The number of nitrogens with one attached hydrogen (secondary N) is 2. The summed E-state index contributed by atoms with van der Waals surface area (Å²) in [6.07, 6.45) is 0. The Balaban J connectivity index is 1.67. The van der Waals surface area contributed by atoms with Gasteiger partial charge in [-0.3, -0.25) is 4.79 Å². The maximum absolute atomic E-state index is 12.6. The number of nitrogens with zero attached hydrogens (tertiary/aromatic N) is 1. The van der Waals surface area contributed by atoms with Crippen LogP contribution >= 0.6 is 0 Å². The lowest BCUT2D eigenvalue weighted by molar-refractivity contribution is 0.102. The fraction of sp³-hybridized carbons (Fsp3) is 0.167. The van der Waals surface area contributed by atoms with E-state index >= 15 is 0 Å². The third kappa shape index (κ3) is 3.72. The molecule has 0 aliphatic carbocycles. The molecule has 4 aromatic rings. The number of amides is 1. The molecule has 0 atom stereocenters. The van der Waals surface area contributed by atoms with Crippen LogP contribution < -0.4 is 14.8 Å².